The van der Waals surface area contributed by atoms with Crippen molar-refractivity contribution in [2.75, 3.05) is 11.1 Å². The zero-order valence-corrected chi connectivity index (χ0v) is 20.4. The van der Waals surface area contributed by atoms with Gasteiger partial charge in [-0.15, -0.1) is 0 Å². The number of nitriles is 1. The van der Waals surface area contributed by atoms with Gasteiger partial charge in [0.2, 0.25) is 5.91 Å². The number of carbonyl (C=O) groups excluding carboxylic acids is 2. The van der Waals surface area contributed by atoms with Crippen molar-refractivity contribution in [2.24, 2.45) is 0 Å². The van der Waals surface area contributed by atoms with E-state index < -0.39 is 0 Å². The largest absolute Gasteiger partial charge is 0.325 e. The molecule has 1 amide bonds. The minimum absolute atomic E-state index is 0.0349. The van der Waals surface area contributed by atoms with Crippen molar-refractivity contribution in [3.05, 3.63) is 86.5 Å². The Hall–Kier alpha value is -2.95. The number of aromatic nitrogens is 1. The second-order valence-corrected chi connectivity index (χ2v) is 9.28. The molecule has 32 heavy (non-hydrogen) atoms. The van der Waals surface area contributed by atoms with Gasteiger partial charge in [-0.2, -0.15) is 5.26 Å². The third kappa shape index (κ3) is 5.84. The van der Waals surface area contributed by atoms with Crippen LogP contribution in [0.5, 0.6) is 0 Å². The van der Waals surface area contributed by atoms with E-state index in [1.54, 1.807) is 12.1 Å². The van der Waals surface area contributed by atoms with Gasteiger partial charge in [0.15, 0.2) is 5.78 Å². The number of carbonyl (C=O) groups is 2. The van der Waals surface area contributed by atoms with E-state index in [0.29, 0.717) is 21.8 Å². The highest BCUT2D eigenvalue weighted by atomic mass is 79.9. The summed E-state index contributed by atoms with van der Waals surface area (Å²) in [6, 6.07) is 17.0. The van der Waals surface area contributed by atoms with Crippen LogP contribution in [0, 0.1) is 32.1 Å². The fraction of sp³-hybridized carbons (Fsp3) is 0.200. The third-order valence-electron chi connectivity index (χ3n) is 5.04. The standard InChI is InChI=1S/C25H22BrN3O2S/c1-15-4-10-20(11-5-15)29-24(31)14-32-25-22(13-27)16(2)21(17(3)28-25)12-23(30)18-6-8-19(26)9-7-18/h4-11H,12,14H2,1-3H3,(H,29,31). The lowest BCUT2D eigenvalue weighted by Crippen LogP contribution is -2.15. The Labute approximate surface area is 200 Å². The number of pyridine rings is 1. The summed E-state index contributed by atoms with van der Waals surface area (Å²) in [6.45, 7) is 5.64. The first-order chi connectivity index (χ1) is 15.3. The first-order valence-corrected chi connectivity index (χ1v) is 11.7. The minimum atomic E-state index is -0.172. The normalized spacial score (nSPS) is 10.5. The molecule has 0 fully saturated rings. The van der Waals surface area contributed by atoms with Crippen molar-refractivity contribution in [3.63, 3.8) is 0 Å². The van der Waals surface area contributed by atoms with Gasteiger partial charge in [0, 0.05) is 27.8 Å². The van der Waals surface area contributed by atoms with Gasteiger partial charge in [0.1, 0.15) is 11.1 Å². The van der Waals surface area contributed by atoms with Gasteiger partial charge in [-0.05, 0) is 56.2 Å². The summed E-state index contributed by atoms with van der Waals surface area (Å²) >= 11 is 4.59. The highest BCUT2D eigenvalue weighted by Gasteiger charge is 2.19. The highest BCUT2D eigenvalue weighted by Crippen LogP contribution is 2.28. The van der Waals surface area contributed by atoms with E-state index in [1.807, 2.05) is 57.2 Å². The number of nitrogens with one attached hydrogen (secondary N) is 1. The topological polar surface area (TPSA) is 82.8 Å². The summed E-state index contributed by atoms with van der Waals surface area (Å²) < 4.78 is 0.905. The van der Waals surface area contributed by atoms with Crippen LogP contribution in [-0.2, 0) is 11.2 Å². The van der Waals surface area contributed by atoms with E-state index in [1.165, 1.54) is 11.8 Å². The molecular weight excluding hydrogens is 486 g/mol. The van der Waals surface area contributed by atoms with Crippen LogP contribution in [0.25, 0.3) is 0 Å². The number of amides is 1. The number of thioether (sulfide) groups is 1. The number of halogens is 1. The molecule has 0 aliphatic carbocycles. The Bertz CT molecular complexity index is 1200. The molecule has 0 spiro atoms. The Morgan fingerprint density at radius 1 is 1.06 bits per heavy atom. The number of rotatable bonds is 7. The molecule has 0 atom stereocenters. The quantitative estimate of drug-likeness (QED) is 0.322. The smallest absolute Gasteiger partial charge is 0.234 e. The van der Waals surface area contributed by atoms with Crippen molar-refractivity contribution in [3.8, 4) is 6.07 Å². The molecule has 162 valence electrons. The molecule has 2 aromatic carbocycles. The van der Waals surface area contributed by atoms with Crippen LogP contribution < -0.4 is 5.32 Å². The number of anilines is 1. The fourth-order valence-electron chi connectivity index (χ4n) is 3.22. The molecule has 3 aromatic rings. The van der Waals surface area contributed by atoms with Gasteiger partial charge in [-0.1, -0.05) is 57.5 Å². The molecule has 0 unspecified atom stereocenters. The summed E-state index contributed by atoms with van der Waals surface area (Å²) in [5.74, 6) is -0.0763. The lowest BCUT2D eigenvalue weighted by atomic mass is 9.96. The van der Waals surface area contributed by atoms with Crippen LogP contribution in [-0.4, -0.2) is 22.4 Å². The van der Waals surface area contributed by atoms with E-state index in [-0.39, 0.29) is 23.9 Å². The van der Waals surface area contributed by atoms with Crippen LogP contribution >= 0.6 is 27.7 Å². The molecule has 5 nitrogen and oxygen atoms in total. The summed E-state index contributed by atoms with van der Waals surface area (Å²) in [4.78, 5) is 29.6. The Balaban J connectivity index is 1.74. The molecule has 0 saturated carbocycles. The Morgan fingerprint density at radius 3 is 2.34 bits per heavy atom. The van der Waals surface area contributed by atoms with Crippen molar-refractivity contribution >= 4 is 45.1 Å². The molecule has 1 N–H and O–H groups in total. The lowest BCUT2D eigenvalue weighted by Gasteiger charge is -2.14. The predicted octanol–water partition coefficient (Wildman–Crippen LogP) is 5.80. The van der Waals surface area contributed by atoms with Crippen LogP contribution in [0.2, 0.25) is 0 Å². The predicted molar refractivity (Wildman–Crippen MR) is 131 cm³/mol. The second-order valence-electron chi connectivity index (χ2n) is 7.40. The molecule has 0 radical (unpaired) electrons. The monoisotopic (exact) mass is 507 g/mol. The van der Waals surface area contributed by atoms with Crippen molar-refractivity contribution in [1.82, 2.24) is 4.98 Å². The SMILES string of the molecule is Cc1ccc(NC(=O)CSc2nc(C)c(CC(=O)c3ccc(Br)cc3)c(C)c2C#N)cc1. The second kappa shape index (κ2) is 10.6. The minimum Gasteiger partial charge on any atom is -0.325 e. The highest BCUT2D eigenvalue weighted by molar-refractivity contribution is 9.10. The summed E-state index contributed by atoms with van der Waals surface area (Å²) in [5, 5.41) is 13.1. The van der Waals surface area contributed by atoms with Gasteiger partial charge < -0.3 is 5.32 Å². The molecule has 3 rings (SSSR count). The maximum atomic E-state index is 12.7. The van der Waals surface area contributed by atoms with E-state index in [4.69, 9.17) is 0 Å². The zero-order valence-electron chi connectivity index (χ0n) is 18.0. The average Bonchev–Trinajstić information content (AvgIpc) is 2.77. The fourth-order valence-corrected chi connectivity index (χ4v) is 4.37. The third-order valence-corrected chi connectivity index (χ3v) is 6.54. The summed E-state index contributed by atoms with van der Waals surface area (Å²) in [5.41, 5.74) is 5.02. The number of Topliss-reactive ketones (excluding diaryl/α,β-unsaturated/α-hetero) is 1. The maximum Gasteiger partial charge on any atom is 0.234 e. The number of hydrogen-bond donors (Lipinski definition) is 1. The first kappa shape index (κ1) is 23.7. The van der Waals surface area contributed by atoms with Crippen LogP contribution in [0.1, 0.15) is 38.3 Å². The van der Waals surface area contributed by atoms with Crippen molar-refractivity contribution in [2.45, 2.75) is 32.2 Å². The summed E-state index contributed by atoms with van der Waals surface area (Å²) in [6.07, 6.45) is 0.167. The van der Waals surface area contributed by atoms with Crippen LogP contribution in [0.3, 0.4) is 0 Å². The maximum absolute atomic E-state index is 12.7. The number of benzene rings is 2. The first-order valence-electron chi connectivity index (χ1n) is 9.96. The van der Waals surface area contributed by atoms with Gasteiger partial charge in [0.05, 0.1) is 11.3 Å². The van der Waals surface area contributed by atoms with Crippen LogP contribution in [0.15, 0.2) is 58.0 Å². The van der Waals surface area contributed by atoms with E-state index in [9.17, 15) is 14.9 Å². The Kier molecular flexibility index (Phi) is 7.84. The molecule has 7 heteroatoms. The molecule has 1 aromatic heterocycles. The van der Waals surface area contributed by atoms with Gasteiger partial charge >= 0.3 is 0 Å². The summed E-state index contributed by atoms with van der Waals surface area (Å²) in [7, 11) is 0. The van der Waals surface area contributed by atoms with E-state index in [2.05, 4.69) is 32.3 Å². The Morgan fingerprint density at radius 2 is 1.72 bits per heavy atom. The molecular formula is C25H22BrN3O2S. The number of hydrogen-bond acceptors (Lipinski definition) is 5. The average molecular weight is 508 g/mol. The number of nitrogens with zero attached hydrogens (tertiary/aromatic N) is 2. The van der Waals surface area contributed by atoms with Crippen molar-refractivity contribution < 1.29 is 9.59 Å². The van der Waals surface area contributed by atoms with E-state index >= 15 is 0 Å². The van der Waals surface area contributed by atoms with Crippen LogP contribution in [0.4, 0.5) is 5.69 Å². The van der Waals surface area contributed by atoms with Gasteiger partial charge in [-0.25, -0.2) is 4.98 Å². The van der Waals surface area contributed by atoms with E-state index in [0.717, 1.165) is 26.9 Å². The molecule has 0 bridgehead atoms. The zero-order chi connectivity index (χ0) is 23.3. The molecule has 0 aliphatic heterocycles. The molecule has 1 heterocycles. The number of aryl methyl sites for hydroxylation is 2. The molecule has 0 aliphatic rings. The molecule has 0 saturated heterocycles. The van der Waals surface area contributed by atoms with Gasteiger partial charge in [0.25, 0.3) is 0 Å². The number of ketones is 1. The lowest BCUT2D eigenvalue weighted by molar-refractivity contribution is -0.113. The van der Waals surface area contributed by atoms with Crippen molar-refractivity contribution in [1.29, 1.82) is 5.26 Å². The van der Waals surface area contributed by atoms with Gasteiger partial charge in [-0.3, -0.25) is 9.59 Å².